The number of nitriles is 1. The summed E-state index contributed by atoms with van der Waals surface area (Å²) in [5.74, 6) is 0. The Hall–Kier alpha value is -1.82. The van der Waals surface area contributed by atoms with E-state index < -0.39 is 5.41 Å². The van der Waals surface area contributed by atoms with Crippen LogP contribution in [0.1, 0.15) is 19.4 Å². The van der Waals surface area contributed by atoms with Gasteiger partial charge in [0.15, 0.2) is 0 Å². The summed E-state index contributed by atoms with van der Waals surface area (Å²) in [6.45, 7) is 3.79. The van der Waals surface area contributed by atoms with Crippen LogP contribution in [0.25, 0.3) is 11.0 Å². The third-order valence-electron chi connectivity index (χ3n) is 2.39. The third-order valence-corrected chi connectivity index (χ3v) is 2.39. The van der Waals surface area contributed by atoms with E-state index >= 15 is 0 Å². The molecule has 0 aliphatic carbocycles. The largest absolute Gasteiger partial charge is 0.360 e. The molecule has 2 aromatic heterocycles. The van der Waals surface area contributed by atoms with E-state index in [1.54, 1.807) is 6.20 Å². The van der Waals surface area contributed by atoms with Gasteiger partial charge >= 0.3 is 0 Å². The maximum Gasteiger partial charge on any atom is 0.0926 e. The van der Waals surface area contributed by atoms with Crippen molar-refractivity contribution in [2.24, 2.45) is 0 Å². The Morgan fingerprint density at radius 3 is 3.00 bits per heavy atom. The fourth-order valence-corrected chi connectivity index (χ4v) is 1.49. The van der Waals surface area contributed by atoms with Crippen molar-refractivity contribution in [2.75, 3.05) is 0 Å². The number of nitrogens with one attached hydrogen (secondary N) is 1. The Morgan fingerprint density at radius 2 is 2.29 bits per heavy atom. The van der Waals surface area contributed by atoms with Crippen LogP contribution in [-0.2, 0) is 5.41 Å². The van der Waals surface area contributed by atoms with Gasteiger partial charge in [-0.05, 0) is 26.0 Å². The maximum atomic E-state index is 9.03. The van der Waals surface area contributed by atoms with Gasteiger partial charge in [0, 0.05) is 18.0 Å². The molecule has 2 aromatic rings. The molecule has 0 atom stereocenters. The minimum Gasteiger partial charge on any atom is -0.360 e. The second-order valence-corrected chi connectivity index (χ2v) is 3.84. The van der Waals surface area contributed by atoms with Crippen molar-refractivity contribution in [3.8, 4) is 6.07 Å². The van der Waals surface area contributed by atoms with Gasteiger partial charge < -0.3 is 4.98 Å². The number of pyridine rings is 1. The highest BCUT2D eigenvalue weighted by atomic mass is 14.8. The molecule has 0 radical (unpaired) electrons. The molecule has 14 heavy (non-hydrogen) atoms. The number of H-pyrrole nitrogens is 1. The van der Waals surface area contributed by atoms with Gasteiger partial charge in [0.25, 0.3) is 0 Å². The molecule has 0 amide bonds. The van der Waals surface area contributed by atoms with Gasteiger partial charge in [-0.1, -0.05) is 0 Å². The number of aromatic amines is 1. The van der Waals surface area contributed by atoms with Gasteiger partial charge in [0.1, 0.15) is 0 Å². The van der Waals surface area contributed by atoms with Crippen LogP contribution in [0, 0.1) is 11.3 Å². The lowest BCUT2D eigenvalue weighted by Crippen LogP contribution is -2.13. The van der Waals surface area contributed by atoms with Crippen molar-refractivity contribution in [1.82, 2.24) is 9.97 Å². The predicted molar refractivity (Wildman–Crippen MR) is 54.7 cm³/mol. The van der Waals surface area contributed by atoms with E-state index in [-0.39, 0.29) is 0 Å². The van der Waals surface area contributed by atoms with E-state index in [1.165, 1.54) is 0 Å². The topological polar surface area (TPSA) is 52.5 Å². The summed E-state index contributed by atoms with van der Waals surface area (Å²) >= 11 is 0. The monoisotopic (exact) mass is 185 g/mol. The highest BCUT2D eigenvalue weighted by molar-refractivity contribution is 5.80. The molecule has 0 aliphatic heterocycles. The summed E-state index contributed by atoms with van der Waals surface area (Å²) in [6, 6.07) is 6.11. The molecule has 2 rings (SSSR count). The first-order valence-electron chi connectivity index (χ1n) is 4.49. The standard InChI is InChI=1S/C11H11N3/c1-11(2,7-12)8-6-14-9-4-3-5-13-10(8)9/h3-6,14H,1-2H3. The molecule has 0 aromatic carbocycles. The Balaban J connectivity index is 2.72. The summed E-state index contributed by atoms with van der Waals surface area (Å²) < 4.78 is 0. The van der Waals surface area contributed by atoms with Crippen LogP contribution in [0.4, 0.5) is 0 Å². The van der Waals surface area contributed by atoms with E-state index in [0.29, 0.717) is 0 Å². The van der Waals surface area contributed by atoms with Gasteiger partial charge in [-0.3, -0.25) is 4.98 Å². The lowest BCUT2D eigenvalue weighted by Gasteiger charge is -2.12. The number of hydrogen-bond acceptors (Lipinski definition) is 2. The van der Waals surface area contributed by atoms with Gasteiger partial charge in [0.2, 0.25) is 0 Å². The van der Waals surface area contributed by atoms with Gasteiger partial charge in [-0.25, -0.2) is 0 Å². The van der Waals surface area contributed by atoms with Crippen LogP contribution in [-0.4, -0.2) is 9.97 Å². The molecule has 0 bridgehead atoms. The molecule has 0 unspecified atom stereocenters. The average Bonchev–Trinajstić information content (AvgIpc) is 2.61. The minimum absolute atomic E-state index is 0.493. The molecule has 2 heterocycles. The van der Waals surface area contributed by atoms with Crippen LogP contribution in [0.5, 0.6) is 0 Å². The summed E-state index contributed by atoms with van der Waals surface area (Å²) in [6.07, 6.45) is 3.61. The van der Waals surface area contributed by atoms with E-state index in [0.717, 1.165) is 16.6 Å². The zero-order chi connectivity index (χ0) is 10.2. The van der Waals surface area contributed by atoms with E-state index in [9.17, 15) is 0 Å². The van der Waals surface area contributed by atoms with E-state index in [1.807, 2.05) is 32.2 Å². The molecule has 1 N–H and O–H groups in total. The Morgan fingerprint density at radius 1 is 1.50 bits per heavy atom. The SMILES string of the molecule is CC(C)(C#N)c1c[nH]c2cccnc12. The lowest BCUT2D eigenvalue weighted by molar-refractivity contribution is 0.692. The van der Waals surface area contributed by atoms with Crippen molar-refractivity contribution in [3.63, 3.8) is 0 Å². The van der Waals surface area contributed by atoms with Crippen molar-refractivity contribution < 1.29 is 0 Å². The lowest BCUT2D eigenvalue weighted by atomic mass is 9.87. The molecule has 0 saturated carbocycles. The molecule has 3 nitrogen and oxygen atoms in total. The van der Waals surface area contributed by atoms with Crippen LogP contribution < -0.4 is 0 Å². The zero-order valence-corrected chi connectivity index (χ0v) is 8.20. The highest BCUT2D eigenvalue weighted by Crippen LogP contribution is 2.27. The minimum atomic E-state index is -0.493. The van der Waals surface area contributed by atoms with Gasteiger partial charge in [-0.2, -0.15) is 5.26 Å². The number of aromatic nitrogens is 2. The van der Waals surface area contributed by atoms with Crippen molar-refractivity contribution in [1.29, 1.82) is 5.26 Å². The van der Waals surface area contributed by atoms with Crippen LogP contribution >= 0.6 is 0 Å². The third kappa shape index (κ3) is 1.16. The normalized spacial score (nSPS) is 11.5. The summed E-state index contributed by atoms with van der Waals surface area (Å²) in [5.41, 5.74) is 2.33. The second-order valence-electron chi connectivity index (χ2n) is 3.84. The molecule has 0 spiro atoms. The number of fused-ring (bicyclic) bond motifs is 1. The van der Waals surface area contributed by atoms with Crippen LogP contribution in [0.15, 0.2) is 24.5 Å². The van der Waals surface area contributed by atoms with Gasteiger partial charge in [-0.15, -0.1) is 0 Å². The summed E-state index contributed by atoms with van der Waals surface area (Å²) in [5, 5.41) is 9.03. The molecule has 0 fully saturated rings. The second kappa shape index (κ2) is 2.85. The van der Waals surface area contributed by atoms with Crippen molar-refractivity contribution >= 4 is 11.0 Å². The average molecular weight is 185 g/mol. The molecule has 0 saturated heterocycles. The quantitative estimate of drug-likeness (QED) is 0.741. The summed E-state index contributed by atoms with van der Waals surface area (Å²) in [7, 11) is 0. The molecular formula is C11H11N3. The molecule has 0 aliphatic rings. The number of hydrogen-bond donors (Lipinski definition) is 1. The number of nitrogens with zero attached hydrogens (tertiary/aromatic N) is 2. The first-order chi connectivity index (χ1) is 6.65. The van der Waals surface area contributed by atoms with E-state index in [4.69, 9.17) is 5.26 Å². The van der Waals surface area contributed by atoms with Gasteiger partial charge in [0.05, 0.1) is 22.5 Å². The Kier molecular flexibility index (Phi) is 1.78. The Bertz CT molecular complexity index is 502. The predicted octanol–water partition coefficient (Wildman–Crippen LogP) is 2.36. The zero-order valence-electron chi connectivity index (χ0n) is 8.20. The van der Waals surface area contributed by atoms with Crippen LogP contribution in [0.3, 0.4) is 0 Å². The fourth-order valence-electron chi connectivity index (χ4n) is 1.49. The van der Waals surface area contributed by atoms with E-state index in [2.05, 4.69) is 16.0 Å². The Labute approximate surface area is 82.4 Å². The molecular weight excluding hydrogens is 174 g/mol. The summed E-state index contributed by atoms with van der Waals surface area (Å²) in [4.78, 5) is 7.39. The first kappa shape index (κ1) is 8.76. The smallest absolute Gasteiger partial charge is 0.0926 e. The molecule has 3 heteroatoms. The van der Waals surface area contributed by atoms with Crippen LogP contribution in [0.2, 0.25) is 0 Å². The fraction of sp³-hybridized carbons (Fsp3) is 0.273. The van der Waals surface area contributed by atoms with Crippen molar-refractivity contribution in [2.45, 2.75) is 19.3 Å². The van der Waals surface area contributed by atoms with Crippen molar-refractivity contribution in [3.05, 3.63) is 30.1 Å². The number of rotatable bonds is 1. The highest BCUT2D eigenvalue weighted by Gasteiger charge is 2.23. The maximum absolute atomic E-state index is 9.03. The molecule has 70 valence electrons. The first-order valence-corrected chi connectivity index (χ1v) is 4.49.